The lowest BCUT2D eigenvalue weighted by molar-refractivity contribution is 0.849. The lowest BCUT2D eigenvalue weighted by Gasteiger charge is -2.24. The Labute approximate surface area is 124 Å². The first kappa shape index (κ1) is 15.1. The zero-order valence-corrected chi connectivity index (χ0v) is 13.6. The van der Waals surface area contributed by atoms with Crippen LogP contribution in [0.15, 0.2) is 46.6 Å². The SMILES string of the molecule is CC/C1=C(CC)/C(CC)=C(/CC)Cc2ccccc2C1. The number of allylic oxidation sites excluding steroid dienone is 4. The molecule has 1 aromatic carbocycles. The van der Waals surface area contributed by atoms with Gasteiger partial charge in [0.25, 0.3) is 0 Å². The Kier molecular flexibility index (Phi) is 5.23. The second-order valence-corrected chi connectivity index (χ2v) is 5.70. The van der Waals surface area contributed by atoms with E-state index in [1.807, 2.05) is 0 Å². The Morgan fingerprint density at radius 2 is 1.05 bits per heavy atom. The molecule has 0 nitrogen and oxygen atoms in total. The molecule has 0 atom stereocenters. The van der Waals surface area contributed by atoms with Crippen LogP contribution in [0.3, 0.4) is 0 Å². The Bertz CT molecular complexity index is 480. The van der Waals surface area contributed by atoms with Crippen molar-refractivity contribution in [2.45, 2.75) is 66.2 Å². The van der Waals surface area contributed by atoms with Crippen molar-refractivity contribution >= 4 is 0 Å². The fourth-order valence-corrected chi connectivity index (χ4v) is 3.61. The zero-order chi connectivity index (χ0) is 14.5. The average molecular weight is 268 g/mol. The summed E-state index contributed by atoms with van der Waals surface area (Å²) >= 11 is 0. The Morgan fingerprint density at radius 1 is 0.650 bits per heavy atom. The summed E-state index contributed by atoms with van der Waals surface area (Å²) in [4.78, 5) is 0. The van der Waals surface area contributed by atoms with Crippen molar-refractivity contribution in [3.05, 3.63) is 57.7 Å². The highest BCUT2D eigenvalue weighted by molar-refractivity contribution is 5.46. The van der Waals surface area contributed by atoms with E-state index in [9.17, 15) is 0 Å². The highest BCUT2D eigenvalue weighted by Crippen LogP contribution is 2.34. The summed E-state index contributed by atoms with van der Waals surface area (Å²) < 4.78 is 0. The molecule has 2 rings (SSSR count). The zero-order valence-electron chi connectivity index (χ0n) is 13.6. The molecule has 0 spiro atoms. The third-order valence-electron chi connectivity index (χ3n) is 4.70. The van der Waals surface area contributed by atoms with Gasteiger partial charge in [0.2, 0.25) is 0 Å². The maximum Gasteiger partial charge on any atom is -0.00584 e. The van der Waals surface area contributed by atoms with Crippen LogP contribution < -0.4 is 0 Å². The van der Waals surface area contributed by atoms with E-state index in [2.05, 4.69) is 52.0 Å². The average Bonchev–Trinajstić information content (AvgIpc) is 2.48. The molecular formula is C20H28. The number of hydrogen-bond donors (Lipinski definition) is 0. The van der Waals surface area contributed by atoms with Crippen LogP contribution in [0.2, 0.25) is 0 Å². The molecule has 0 heteroatoms. The van der Waals surface area contributed by atoms with E-state index in [1.54, 1.807) is 22.3 Å². The van der Waals surface area contributed by atoms with E-state index in [-0.39, 0.29) is 0 Å². The van der Waals surface area contributed by atoms with E-state index in [0.29, 0.717) is 0 Å². The van der Waals surface area contributed by atoms with Gasteiger partial charge in [-0.2, -0.15) is 0 Å². The largest absolute Gasteiger partial charge is 0.0626 e. The van der Waals surface area contributed by atoms with Crippen LogP contribution in [0.25, 0.3) is 0 Å². The fraction of sp³-hybridized carbons (Fsp3) is 0.500. The van der Waals surface area contributed by atoms with Gasteiger partial charge in [-0.1, -0.05) is 63.1 Å². The predicted octanol–water partition coefficient (Wildman–Crippen LogP) is 6.02. The fourth-order valence-electron chi connectivity index (χ4n) is 3.61. The minimum Gasteiger partial charge on any atom is -0.0626 e. The van der Waals surface area contributed by atoms with Crippen LogP contribution in [-0.4, -0.2) is 0 Å². The molecular weight excluding hydrogens is 240 g/mol. The van der Waals surface area contributed by atoms with Crippen LogP contribution >= 0.6 is 0 Å². The van der Waals surface area contributed by atoms with E-state index in [1.165, 1.54) is 36.8 Å². The van der Waals surface area contributed by atoms with Crippen LogP contribution in [-0.2, 0) is 12.8 Å². The molecule has 1 aromatic rings. The lowest BCUT2D eigenvalue weighted by Crippen LogP contribution is -2.08. The summed E-state index contributed by atoms with van der Waals surface area (Å²) in [7, 11) is 0. The summed E-state index contributed by atoms with van der Waals surface area (Å²) in [5.74, 6) is 0. The van der Waals surface area contributed by atoms with E-state index < -0.39 is 0 Å². The third kappa shape index (κ3) is 2.90. The second kappa shape index (κ2) is 6.92. The normalized spacial score (nSPS) is 23.2. The Balaban J connectivity index is 2.64. The van der Waals surface area contributed by atoms with E-state index >= 15 is 0 Å². The summed E-state index contributed by atoms with van der Waals surface area (Å²) in [6.45, 7) is 9.27. The first-order valence-corrected chi connectivity index (χ1v) is 8.23. The Morgan fingerprint density at radius 3 is 1.35 bits per heavy atom. The van der Waals surface area contributed by atoms with Gasteiger partial charge in [-0.25, -0.2) is 0 Å². The van der Waals surface area contributed by atoms with Gasteiger partial charge in [0.15, 0.2) is 0 Å². The predicted molar refractivity (Wildman–Crippen MR) is 89.1 cm³/mol. The molecule has 0 N–H and O–H groups in total. The molecule has 0 unspecified atom stereocenters. The molecule has 0 saturated heterocycles. The molecule has 1 aliphatic carbocycles. The molecule has 108 valence electrons. The standard InChI is InChI=1S/C20H28/c1-5-15-13-17-11-9-10-12-18(17)14-16(6-2)20(8-4)19(15)7-3/h9-12H,5-8,13-14H2,1-4H3/b19-15-,20-16-. The van der Waals surface area contributed by atoms with Crippen molar-refractivity contribution in [1.29, 1.82) is 0 Å². The molecule has 0 aromatic heterocycles. The highest BCUT2D eigenvalue weighted by atomic mass is 14.2. The number of fused-ring (bicyclic) bond motifs is 1. The minimum atomic E-state index is 1.15. The van der Waals surface area contributed by atoms with Gasteiger partial charge in [-0.05, 0) is 60.8 Å². The quantitative estimate of drug-likeness (QED) is 0.626. The number of hydrogen-bond acceptors (Lipinski definition) is 0. The van der Waals surface area contributed by atoms with Gasteiger partial charge in [0.1, 0.15) is 0 Å². The second-order valence-electron chi connectivity index (χ2n) is 5.70. The van der Waals surface area contributed by atoms with E-state index in [4.69, 9.17) is 0 Å². The maximum absolute atomic E-state index is 2.32. The lowest BCUT2D eigenvalue weighted by atomic mass is 9.81. The first-order valence-electron chi connectivity index (χ1n) is 8.23. The topological polar surface area (TPSA) is 0 Å². The molecule has 0 heterocycles. The molecule has 1 aliphatic rings. The number of rotatable bonds is 4. The summed E-state index contributed by atoms with van der Waals surface area (Å²) in [5, 5.41) is 0. The smallest absolute Gasteiger partial charge is 0.00584 e. The minimum absolute atomic E-state index is 1.15. The highest BCUT2D eigenvalue weighted by Gasteiger charge is 2.17. The Hall–Kier alpha value is -1.30. The molecule has 0 amide bonds. The number of benzene rings is 1. The van der Waals surface area contributed by atoms with Gasteiger partial charge >= 0.3 is 0 Å². The van der Waals surface area contributed by atoms with Gasteiger partial charge in [0, 0.05) is 0 Å². The third-order valence-corrected chi connectivity index (χ3v) is 4.70. The van der Waals surface area contributed by atoms with Crippen LogP contribution in [0, 0.1) is 0 Å². The van der Waals surface area contributed by atoms with Crippen LogP contribution in [0.4, 0.5) is 0 Å². The van der Waals surface area contributed by atoms with Gasteiger partial charge < -0.3 is 0 Å². The summed E-state index contributed by atoms with van der Waals surface area (Å²) in [6, 6.07) is 9.02. The molecule has 20 heavy (non-hydrogen) atoms. The van der Waals surface area contributed by atoms with Crippen molar-refractivity contribution < 1.29 is 0 Å². The van der Waals surface area contributed by atoms with Crippen molar-refractivity contribution in [3.63, 3.8) is 0 Å². The van der Waals surface area contributed by atoms with Crippen molar-refractivity contribution in [3.8, 4) is 0 Å². The molecule has 0 radical (unpaired) electrons. The van der Waals surface area contributed by atoms with Gasteiger partial charge in [-0.15, -0.1) is 0 Å². The van der Waals surface area contributed by atoms with Crippen molar-refractivity contribution in [1.82, 2.24) is 0 Å². The van der Waals surface area contributed by atoms with Crippen LogP contribution in [0.5, 0.6) is 0 Å². The molecule has 0 saturated carbocycles. The van der Waals surface area contributed by atoms with Crippen LogP contribution in [0.1, 0.15) is 64.5 Å². The van der Waals surface area contributed by atoms with E-state index in [0.717, 1.165) is 12.8 Å². The van der Waals surface area contributed by atoms with Gasteiger partial charge in [-0.3, -0.25) is 0 Å². The molecule has 0 fully saturated rings. The molecule has 0 bridgehead atoms. The van der Waals surface area contributed by atoms with Crippen molar-refractivity contribution in [2.75, 3.05) is 0 Å². The van der Waals surface area contributed by atoms with Crippen molar-refractivity contribution in [2.24, 2.45) is 0 Å². The first-order chi connectivity index (χ1) is 9.74. The van der Waals surface area contributed by atoms with Gasteiger partial charge in [0.05, 0.1) is 0 Å². The summed E-state index contributed by atoms with van der Waals surface area (Å²) in [5.41, 5.74) is 9.69. The molecule has 0 aliphatic heterocycles. The maximum atomic E-state index is 2.32. The monoisotopic (exact) mass is 268 g/mol. The summed E-state index contributed by atoms with van der Waals surface area (Å²) in [6.07, 6.45) is 7.01.